The molecule has 0 radical (unpaired) electrons. The lowest BCUT2D eigenvalue weighted by molar-refractivity contribution is -0.146. The Labute approximate surface area is 256 Å². The Morgan fingerprint density at radius 3 is 2.21 bits per heavy atom. The second-order valence-corrected chi connectivity index (χ2v) is 11.6. The molecule has 3 aromatic rings. The number of aliphatic carboxylic acids is 1. The Balaban J connectivity index is 1.93. The number of anilines is 1. The van der Waals surface area contributed by atoms with Crippen molar-refractivity contribution in [2.75, 3.05) is 25.7 Å². The molecule has 2 aromatic carbocycles. The van der Waals surface area contributed by atoms with Crippen molar-refractivity contribution in [2.45, 2.75) is 46.5 Å². The molecule has 0 fully saturated rings. The first-order chi connectivity index (χ1) is 20.2. The maximum Gasteiger partial charge on any atom is 0.416 e. The molecule has 0 aliphatic rings. The number of benzene rings is 2. The van der Waals surface area contributed by atoms with E-state index in [-0.39, 0.29) is 43.2 Å². The zero-order valence-electron chi connectivity index (χ0n) is 24.3. The summed E-state index contributed by atoms with van der Waals surface area (Å²) in [7, 11) is 2.99. The summed E-state index contributed by atoms with van der Waals surface area (Å²) in [4.78, 5) is 22.1. The summed E-state index contributed by atoms with van der Waals surface area (Å²) in [5.74, 6) is -0.104. The number of alkyl halides is 3. The average Bonchev–Trinajstić information content (AvgIpc) is 2.94. The van der Waals surface area contributed by atoms with Crippen LogP contribution in [-0.2, 0) is 24.1 Å². The van der Waals surface area contributed by atoms with Gasteiger partial charge in [-0.2, -0.15) is 18.4 Å². The van der Waals surface area contributed by atoms with Crippen LogP contribution in [0, 0.1) is 22.7 Å². The Morgan fingerprint density at radius 1 is 1.05 bits per heavy atom. The van der Waals surface area contributed by atoms with Gasteiger partial charge in [0.1, 0.15) is 0 Å². The SMILES string of the molecule is COc1cc(Br)c(CN(Cc2cc(C#N)cc(C(F)(F)F)c2)c2ncc(OCCC(C(=O)O)C(C)(C)C)cn2)cc1OC. The van der Waals surface area contributed by atoms with E-state index in [4.69, 9.17) is 14.2 Å². The number of aromatic nitrogens is 2. The summed E-state index contributed by atoms with van der Waals surface area (Å²) in [5.41, 5.74) is -0.585. The van der Waals surface area contributed by atoms with Gasteiger partial charge in [0.2, 0.25) is 5.95 Å². The van der Waals surface area contributed by atoms with Crippen molar-refractivity contribution >= 4 is 27.8 Å². The van der Waals surface area contributed by atoms with Crippen LogP contribution in [0.5, 0.6) is 17.2 Å². The van der Waals surface area contributed by atoms with Gasteiger partial charge in [-0.15, -0.1) is 0 Å². The van der Waals surface area contributed by atoms with Gasteiger partial charge in [-0.05, 0) is 53.3 Å². The fourth-order valence-electron chi connectivity index (χ4n) is 4.42. The number of halogens is 4. The Bertz CT molecular complexity index is 1470. The maximum atomic E-state index is 13.6. The van der Waals surface area contributed by atoms with Gasteiger partial charge >= 0.3 is 12.1 Å². The number of carboxylic acids is 1. The molecule has 0 aliphatic carbocycles. The first-order valence-corrected chi connectivity index (χ1v) is 13.9. The molecule has 0 saturated carbocycles. The van der Waals surface area contributed by atoms with Gasteiger partial charge in [-0.1, -0.05) is 36.7 Å². The van der Waals surface area contributed by atoms with Gasteiger partial charge in [0.05, 0.1) is 56.3 Å². The van der Waals surface area contributed by atoms with Crippen molar-refractivity contribution in [3.63, 3.8) is 0 Å². The highest BCUT2D eigenvalue weighted by Crippen LogP contribution is 2.35. The van der Waals surface area contributed by atoms with Crippen LogP contribution in [0.1, 0.15) is 49.4 Å². The van der Waals surface area contributed by atoms with Crippen LogP contribution in [0.15, 0.2) is 47.2 Å². The van der Waals surface area contributed by atoms with Gasteiger partial charge in [0, 0.05) is 17.6 Å². The minimum atomic E-state index is -4.64. The van der Waals surface area contributed by atoms with Crippen LogP contribution in [0.3, 0.4) is 0 Å². The van der Waals surface area contributed by atoms with Crippen molar-refractivity contribution in [3.05, 3.63) is 69.5 Å². The molecule has 1 heterocycles. The van der Waals surface area contributed by atoms with Crippen LogP contribution < -0.4 is 19.1 Å². The molecule has 0 saturated heterocycles. The van der Waals surface area contributed by atoms with E-state index < -0.39 is 29.0 Å². The zero-order valence-corrected chi connectivity index (χ0v) is 25.9. The normalized spacial score (nSPS) is 12.3. The third-order valence-corrected chi connectivity index (χ3v) is 7.39. The second-order valence-electron chi connectivity index (χ2n) is 10.8. The highest BCUT2D eigenvalue weighted by molar-refractivity contribution is 9.10. The number of carboxylic acid groups (broad SMARTS) is 1. The van der Waals surface area contributed by atoms with Crippen molar-refractivity contribution in [1.29, 1.82) is 5.26 Å². The number of ether oxygens (including phenoxy) is 3. The predicted octanol–water partition coefficient (Wildman–Crippen LogP) is 6.87. The van der Waals surface area contributed by atoms with Gasteiger partial charge in [-0.3, -0.25) is 4.79 Å². The molecule has 9 nitrogen and oxygen atoms in total. The molecule has 1 N–H and O–H groups in total. The largest absolute Gasteiger partial charge is 0.493 e. The number of rotatable bonds is 12. The van der Waals surface area contributed by atoms with Gasteiger partial charge < -0.3 is 24.2 Å². The van der Waals surface area contributed by atoms with Crippen LogP contribution >= 0.6 is 15.9 Å². The van der Waals surface area contributed by atoms with Gasteiger partial charge in [0.25, 0.3) is 0 Å². The molecule has 1 unspecified atom stereocenters. The number of hydrogen-bond donors (Lipinski definition) is 1. The van der Waals surface area contributed by atoms with E-state index in [1.54, 1.807) is 23.1 Å². The number of nitrogens with zero attached hydrogens (tertiary/aromatic N) is 4. The number of methoxy groups -OCH3 is 2. The number of nitriles is 1. The molecule has 0 bridgehead atoms. The molecule has 3 rings (SSSR count). The average molecular weight is 666 g/mol. The standard InChI is InChI=1S/C30H32BrF3N4O5/c1-29(2,3)23(27(39)40)6-7-43-22-14-36-28(37-15-22)38(17-20-11-25(41-4)26(42-5)12-24(20)31)16-19-8-18(13-35)9-21(10-19)30(32,33)34/h8-12,14-15,23H,6-7,16-17H2,1-5H3,(H,39,40). The minimum absolute atomic E-state index is 0.0640. The quantitative estimate of drug-likeness (QED) is 0.221. The molecule has 0 spiro atoms. The molecule has 13 heteroatoms. The van der Waals surface area contributed by atoms with E-state index in [2.05, 4.69) is 25.9 Å². The molecule has 230 valence electrons. The summed E-state index contributed by atoms with van der Waals surface area (Å²) < 4.78 is 57.9. The molecule has 1 aromatic heterocycles. The highest BCUT2D eigenvalue weighted by Gasteiger charge is 2.32. The van der Waals surface area contributed by atoms with Crippen LogP contribution in [0.4, 0.5) is 19.1 Å². The monoisotopic (exact) mass is 664 g/mol. The molecular weight excluding hydrogens is 633 g/mol. The third-order valence-electron chi connectivity index (χ3n) is 6.65. The van der Waals surface area contributed by atoms with E-state index in [1.165, 1.54) is 32.7 Å². The predicted molar refractivity (Wildman–Crippen MR) is 156 cm³/mol. The third kappa shape index (κ3) is 8.97. The summed E-state index contributed by atoms with van der Waals surface area (Å²) in [6.07, 6.45) is -1.53. The smallest absolute Gasteiger partial charge is 0.416 e. The van der Waals surface area contributed by atoms with Crippen molar-refractivity contribution in [1.82, 2.24) is 9.97 Å². The van der Waals surface area contributed by atoms with E-state index >= 15 is 0 Å². The fraction of sp³-hybridized carbons (Fsp3) is 0.400. The molecule has 0 amide bonds. The van der Waals surface area contributed by atoms with E-state index in [1.807, 2.05) is 20.8 Å². The lowest BCUT2D eigenvalue weighted by Crippen LogP contribution is -2.30. The van der Waals surface area contributed by atoms with Crippen molar-refractivity contribution in [3.8, 4) is 23.3 Å². The van der Waals surface area contributed by atoms with Crippen LogP contribution in [-0.4, -0.2) is 41.9 Å². The Morgan fingerprint density at radius 2 is 1.67 bits per heavy atom. The minimum Gasteiger partial charge on any atom is -0.493 e. The summed E-state index contributed by atoms with van der Waals surface area (Å²) in [6.45, 7) is 5.74. The van der Waals surface area contributed by atoms with Crippen LogP contribution in [0.2, 0.25) is 0 Å². The second kappa shape index (κ2) is 13.9. The maximum absolute atomic E-state index is 13.6. The molecule has 43 heavy (non-hydrogen) atoms. The number of carbonyl (C=O) groups is 1. The first kappa shape index (κ1) is 33.5. The lowest BCUT2D eigenvalue weighted by atomic mass is 9.79. The number of hydrogen-bond acceptors (Lipinski definition) is 8. The highest BCUT2D eigenvalue weighted by atomic mass is 79.9. The van der Waals surface area contributed by atoms with Gasteiger partial charge in [0.15, 0.2) is 17.2 Å². The topological polar surface area (TPSA) is 118 Å². The summed E-state index contributed by atoms with van der Waals surface area (Å²) in [6, 6.07) is 8.41. The summed E-state index contributed by atoms with van der Waals surface area (Å²) >= 11 is 3.52. The zero-order chi connectivity index (χ0) is 31.9. The molecule has 1 atom stereocenters. The molecular formula is C30H32BrF3N4O5. The Hall–Kier alpha value is -4.05. The lowest BCUT2D eigenvalue weighted by Gasteiger charge is -2.27. The summed E-state index contributed by atoms with van der Waals surface area (Å²) in [5, 5.41) is 18.9. The van der Waals surface area contributed by atoms with Crippen molar-refractivity contribution < 1.29 is 37.3 Å². The van der Waals surface area contributed by atoms with Gasteiger partial charge in [-0.25, -0.2) is 9.97 Å². The van der Waals surface area contributed by atoms with Crippen LogP contribution in [0.25, 0.3) is 0 Å². The molecule has 0 aliphatic heterocycles. The fourth-order valence-corrected chi connectivity index (χ4v) is 4.87. The first-order valence-electron chi connectivity index (χ1n) is 13.1. The van der Waals surface area contributed by atoms with E-state index in [0.29, 0.717) is 27.3 Å². The Kier molecular flexibility index (Phi) is 10.9. The van der Waals surface area contributed by atoms with E-state index in [0.717, 1.165) is 12.1 Å². The van der Waals surface area contributed by atoms with E-state index in [9.17, 15) is 28.3 Å². The van der Waals surface area contributed by atoms with Crippen molar-refractivity contribution in [2.24, 2.45) is 11.3 Å².